The molecule has 0 heterocycles. The van der Waals surface area contributed by atoms with Crippen molar-refractivity contribution in [2.45, 2.75) is 11.8 Å². The van der Waals surface area contributed by atoms with Crippen molar-refractivity contribution in [1.29, 1.82) is 0 Å². The van der Waals surface area contributed by atoms with Gasteiger partial charge in [0, 0.05) is 6.07 Å². The Morgan fingerprint density at radius 1 is 1.14 bits per heavy atom. The molecule has 0 saturated carbocycles. The molecule has 0 radical (unpaired) electrons. The van der Waals surface area contributed by atoms with Crippen LogP contribution in [-0.4, -0.2) is 18.4 Å². The quantitative estimate of drug-likeness (QED) is 0.665. The average molecular weight is 308 g/mol. The number of hydrogen-bond acceptors (Lipinski definition) is 5. The molecule has 110 valence electrons. The number of nitrogens with zero attached hydrogens (tertiary/aromatic N) is 1. The van der Waals surface area contributed by atoms with Gasteiger partial charge in [0.15, 0.2) is 0 Å². The molecule has 0 atom stereocenters. The van der Waals surface area contributed by atoms with Gasteiger partial charge in [0.25, 0.3) is 15.7 Å². The lowest BCUT2D eigenvalue weighted by Crippen LogP contribution is -2.14. The number of nitro benzene ring substituents is 1. The van der Waals surface area contributed by atoms with Crippen molar-refractivity contribution in [3.8, 4) is 5.75 Å². The van der Waals surface area contributed by atoms with Crippen LogP contribution in [0.25, 0.3) is 0 Å². The summed E-state index contributed by atoms with van der Waals surface area (Å²) in [4.78, 5) is 10.2. The van der Waals surface area contributed by atoms with Crippen molar-refractivity contribution in [3.63, 3.8) is 0 Å². The van der Waals surface area contributed by atoms with Crippen LogP contribution in [0.1, 0.15) is 5.56 Å². The van der Waals surface area contributed by atoms with Crippen molar-refractivity contribution in [2.24, 2.45) is 0 Å². The van der Waals surface area contributed by atoms with E-state index < -0.39 is 14.9 Å². The summed E-state index contributed by atoms with van der Waals surface area (Å²) in [5.74, 6) is -0.0551. The summed E-state index contributed by atoms with van der Waals surface area (Å²) in [5, 5.41) is 20.0. The molecule has 0 saturated heterocycles. The largest absolute Gasteiger partial charge is 0.508 e. The number of phenolic OH excluding ortho intramolecular Hbond substituents is 1. The average Bonchev–Trinajstić information content (AvgIpc) is 2.41. The van der Waals surface area contributed by atoms with Crippen LogP contribution < -0.4 is 4.72 Å². The number of phenols is 1. The highest BCUT2D eigenvalue weighted by Crippen LogP contribution is 2.27. The first-order valence-corrected chi connectivity index (χ1v) is 7.35. The molecule has 2 aromatic rings. The van der Waals surface area contributed by atoms with Gasteiger partial charge in [0.2, 0.25) is 0 Å². The summed E-state index contributed by atoms with van der Waals surface area (Å²) >= 11 is 0. The van der Waals surface area contributed by atoms with Crippen LogP contribution >= 0.6 is 0 Å². The van der Waals surface area contributed by atoms with Gasteiger partial charge in [-0.1, -0.05) is 6.07 Å². The molecular formula is C13H12N2O5S. The predicted molar refractivity (Wildman–Crippen MR) is 76.7 cm³/mol. The molecule has 2 N–H and O–H groups in total. The van der Waals surface area contributed by atoms with Gasteiger partial charge in [-0.2, -0.15) is 0 Å². The Labute approximate surface area is 121 Å². The molecule has 0 unspecified atom stereocenters. The van der Waals surface area contributed by atoms with Crippen molar-refractivity contribution in [3.05, 3.63) is 58.1 Å². The van der Waals surface area contributed by atoms with E-state index in [0.29, 0.717) is 0 Å². The number of hydrogen-bond donors (Lipinski definition) is 2. The molecule has 0 spiro atoms. The molecule has 7 nitrogen and oxygen atoms in total. The normalized spacial score (nSPS) is 11.1. The summed E-state index contributed by atoms with van der Waals surface area (Å²) < 4.78 is 26.7. The van der Waals surface area contributed by atoms with E-state index >= 15 is 0 Å². The Balaban J connectivity index is 2.39. The van der Waals surface area contributed by atoms with Crippen LogP contribution in [0, 0.1) is 17.0 Å². The molecule has 0 aromatic heterocycles. The third-order valence-corrected chi connectivity index (χ3v) is 4.27. The van der Waals surface area contributed by atoms with Crippen molar-refractivity contribution < 1.29 is 18.4 Å². The highest BCUT2D eigenvalue weighted by molar-refractivity contribution is 7.92. The van der Waals surface area contributed by atoms with E-state index in [9.17, 15) is 18.5 Å². The predicted octanol–water partition coefficient (Wildman–Crippen LogP) is 2.41. The van der Waals surface area contributed by atoms with Gasteiger partial charge >= 0.3 is 0 Å². The van der Waals surface area contributed by atoms with E-state index in [1.807, 2.05) is 0 Å². The third kappa shape index (κ3) is 3.11. The van der Waals surface area contributed by atoms with E-state index in [4.69, 9.17) is 5.11 Å². The number of sulfonamides is 1. The Hall–Kier alpha value is -2.61. The third-order valence-electron chi connectivity index (χ3n) is 2.89. The summed E-state index contributed by atoms with van der Waals surface area (Å²) in [7, 11) is -3.88. The van der Waals surface area contributed by atoms with E-state index in [-0.39, 0.29) is 27.6 Å². The Bertz CT molecular complexity index is 785. The Kier molecular flexibility index (Phi) is 3.81. The fourth-order valence-corrected chi connectivity index (χ4v) is 2.88. The SMILES string of the molecule is Cc1c(NS(=O)(=O)c2ccc(O)cc2)cccc1[N+](=O)[O-]. The van der Waals surface area contributed by atoms with Crippen LogP contribution in [-0.2, 0) is 10.0 Å². The monoisotopic (exact) mass is 308 g/mol. The lowest BCUT2D eigenvalue weighted by atomic mass is 10.2. The minimum Gasteiger partial charge on any atom is -0.508 e. The van der Waals surface area contributed by atoms with E-state index in [2.05, 4.69) is 4.72 Å². The first kappa shape index (κ1) is 14.8. The van der Waals surface area contributed by atoms with Crippen molar-refractivity contribution in [2.75, 3.05) is 4.72 Å². The van der Waals surface area contributed by atoms with Gasteiger partial charge in [-0.3, -0.25) is 14.8 Å². The maximum Gasteiger partial charge on any atom is 0.274 e. The lowest BCUT2D eigenvalue weighted by molar-refractivity contribution is -0.385. The second-order valence-electron chi connectivity index (χ2n) is 4.31. The fraction of sp³-hybridized carbons (Fsp3) is 0.0769. The van der Waals surface area contributed by atoms with E-state index in [1.54, 1.807) is 0 Å². The zero-order valence-corrected chi connectivity index (χ0v) is 11.8. The highest BCUT2D eigenvalue weighted by atomic mass is 32.2. The number of rotatable bonds is 4. The first-order chi connectivity index (χ1) is 9.81. The van der Waals surface area contributed by atoms with Gasteiger partial charge < -0.3 is 5.11 Å². The summed E-state index contributed by atoms with van der Waals surface area (Å²) in [5.41, 5.74) is 0.197. The van der Waals surface area contributed by atoms with Gasteiger partial charge in [-0.05, 0) is 37.3 Å². The number of nitrogens with one attached hydrogen (secondary N) is 1. The molecule has 0 aliphatic heterocycles. The molecule has 8 heteroatoms. The molecular weight excluding hydrogens is 296 g/mol. The van der Waals surface area contributed by atoms with Crippen LogP contribution in [0.3, 0.4) is 0 Å². The zero-order valence-electron chi connectivity index (χ0n) is 11.0. The van der Waals surface area contributed by atoms with Crippen LogP contribution in [0.5, 0.6) is 5.75 Å². The second kappa shape index (κ2) is 5.41. The molecule has 0 amide bonds. The van der Waals surface area contributed by atoms with E-state index in [0.717, 1.165) is 0 Å². The van der Waals surface area contributed by atoms with E-state index in [1.165, 1.54) is 49.4 Å². The highest BCUT2D eigenvalue weighted by Gasteiger charge is 2.19. The molecule has 0 bridgehead atoms. The van der Waals surface area contributed by atoms with Gasteiger partial charge in [-0.25, -0.2) is 8.42 Å². The standard InChI is InChI=1S/C13H12N2O5S/c1-9-12(3-2-4-13(9)15(17)18)14-21(19,20)11-7-5-10(16)6-8-11/h2-8,14,16H,1H3. The molecule has 0 fully saturated rings. The summed E-state index contributed by atoms with van der Waals surface area (Å²) in [6, 6.07) is 9.12. The maximum atomic E-state index is 12.2. The first-order valence-electron chi connectivity index (χ1n) is 5.87. The van der Waals surface area contributed by atoms with Crippen molar-refractivity contribution >= 4 is 21.4 Å². The minimum absolute atomic E-state index is 0.0498. The Morgan fingerprint density at radius 2 is 1.76 bits per heavy atom. The fourth-order valence-electron chi connectivity index (χ4n) is 1.76. The number of benzene rings is 2. The molecule has 2 aromatic carbocycles. The molecule has 0 aliphatic carbocycles. The van der Waals surface area contributed by atoms with Crippen LogP contribution in [0.2, 0.25) is 0 Å². The lowest BCUT2D eigenvalue weighted by Gasteiger charge is -2.10. The number of nitro groups is 1. The topological polar surface area (TPSA) is 110 Å². The minimum atomic E-state index is -3.88. The van der Waals surface area contributed by atoms with Crippen LogP contribution in [0.15, 0.2) is 47.4 Å². The maximum absolute atomic E-state index is 12.2. The van der Waals surface area contributed by atoms with Gasteiger partial charge in [0.05, 0.1) is 21.1 Å². The van der Waals surface area contributed by atoms with Crippen LogP contribution in [0.4, 0.5) is 11.4 Å². The van der Waals surface area contributed by atoms with Gasteiger partial charge in [-0.15, -0.1) is 0 Å². The molecule has 0 aliphatic rings. The molecule has 2 rings (SSSR count). The zero-order chi connectivity index (χ0) is 15.6. The summed E-state index contributed by atoms with van der Waals surface area (Å²) in [6.45, 7) is 1.47. The van der Waals surface area contributed by atoms with Crippen molar-refractivity contribution in [1.82, 2.24) is 0 Å². The Morgan fingerprint density at radius 3 is 2.33 bits per heavy atom. The van der Waals surface area contributed by atoms with Gasteiger partial charge in [0.1, 0.15) is 5.75 Å². The molecule has 21 heavy (non-hydrogen) atoms. The second-order valence-corrected chi connectivity index (χ2v) is 5.99. The smallest absolute Gasteiger partial charge is 0.274 e. The number of anilines is 1. The summed E-state index contributed by atoms with van der Waals surface area (Å²) in [6.07, 6.45) is 0. The number of aromatic hydroxyl groups is 1.